The third kappa shape index (κ3) is 3.23. The Morgan fingerprint density at radius 3 is 2.00 bits per heavy atom. The van der Waals surface area contributed by atoms with Crippen molar-refractivity contribution in [1.29, 1.82) is 0 Å². The number of ether oxygens (including phenoxy) is 1. The van der Waals surface area contributed by atoms with Crippen molar-refractivity contribution in [3.05, 3.63) is 0 Å². The third-order valence-corrected chi connectivity index (χ3v) is 3.10. The summed E-state index contributed by atoms with van der Waals surface area (Å²) in [5, 5.41) is 9.39. The van der Waals surface area contributed by atoms with Crippen LogP contribution in [0, 0.1) is 5.92 Å². The predicted molar refractivity (Wildman–Crippen MR) is 59.1 cm³/mol. The summed E-state index contributed by atoms with van der Waals surface area (Å²) >= 11 is 0. The molecule has 3 N–H and O–H groups in total. The summed E-state index contributed by atoms with van der Waals surface area (Å²) in [5.74, 6) is 0.360. The number of nitrogens with two attached hydrogens (primary N) is 1. The Kier molecular flexibility index (Phi) is 5.64. The number of hydrogen-bond acceptors (Lipinski definition) is 3. The Hall–Kier alpha value is -0.120. The zero-order chi connectivity index (χ0) is 11.4. The van der Waals surface area contributed by atoms with Gasteiger partial charge in [-0.1, -0.05) is 20.8 Å². The molecule has 3 nitrogen and oxygen atoms in total. The van der Waals surface area contributed by atoms with Crippen LogP contribution in [-0.2, 0) is 4.74 Å². The van der Waals surface area contributed by atoms with E-state index in [1.165, 1.54) is 0 Å². The van der Waals surface area contributed by atoms with Crippen LogP contribution in [0.5, 0.6) is 0 Å². The van der Waals surface area contributed by atoms with E-state index in [0.29, 0.717) is 12.5 Å². The van der Waals surface area contributed by atoms with E-state index in [1.807, 2.05) is 6.92 Å². The van der Waals surface area contributed by atoms with Crippen LogP contribution in [0.25, 0.3) is 0 Å². The van der Waals surface area contributed by atoms with Gasteiger partial charge in [0.1, 0.15) is 0 Å². The molecule has 3 heteroatoms. The molecule has 0 heterocycles. The lowest BCUT2D eigenvalue weighted by atomic mass is 9.87. The molecule has 0 aliphatic carbocycles. The van der Waals surface area contributed by atoms with E-state index < -0.39 is 6.10 Å². The van der Waals surface area contributed by atoms with Crippen LogP contribution >= 0.6 is 0 Å². The summed E-state index contributed by atoms with van der Waals surface area (Å²) in [7, 11) is 0. The number of rotatable bonds is 6. The van der Waals surface area contributed by atoms with Gasteiger partial charge < -0.3 is 15.6 Å². The maximum atomic E-state index is 9.39. The minimum Gasteiger partial charge on any atom is -0.391 e. The van der Waals surface area contributed by atoms with Gasteiger partial charge in [-0.05, 0) is 26.2 Å². The molecule has 0 radical (unpaired) electrons. The average molecular weight is 203 g/mol. The number of hydrogen-bond donors (Lipinski definition) is 2. The molecule has 0 saturated heterocycles. The van der Waals surface area contributed by atoms with E-state index in [4.69, 9.17) is 10.5 Å². The Labute approximate surface area is 87.6 Å². The van der Waals surface area contributed by atoms with Gasteiger partial charge >= 0.3 is 0 Å². The average Bonchev–Trinajstić information content (AvgIpc) is 2.13. The van der Waals surface area contributed by atoms with Crippen molar-refractivity contribution in [1.82, 2.24) is 0 Å². The highest BCUT2D eigenvalue weighted by Gasteiger charge is 2.34. The van der Waals surface area contributed by atoms with E-state index in [1.54, 1.807) is 6.92 Å². The molecule has 0 aromatic heterocycles. The Morgan fingerprint density at radius 1 is 1.29 bits per heavy atom. The van der Waals surface area contributed by atoms with Crippen molar-refractivity contribution in [2.24, 2.45) is 11.7 Å². The second-order valence-corrected chi connectivity index (χ2v) is 4.34. The molecule has 3 unspecified atom stereocenters. The van der Waals surface area contributed by atoms with Crippen molar-refractivity contribution in [2.45, 2.75) is 58.8 Å². The Morgan fingerprint density at radius 2 is 1.79 bits per heavy atom. The minimum atomic E-state index is -0.453. The molecule has 0 spiro atoms. The van der Waals surface area contributed by atoms with E-state index in [9.17, 15) is 5.11 Å². The first kappa shape index (κ1) is 13.9. The summed E-state index contributed by atoms with van der Waals surface area (Å²) in [5.41, 5.74) is 5.47. The molecule has 0 rings (SSSR count). The monoisotopic (exact) mass is 203 g/mol. The first-order valence-corrected chi connectivity index (χ1v) is 5.45. The van der Waals surface area contributed by atoms with Crippen LogP contribution in [0.4, 0.5) is 0 Å². The normalized spacial score (nSPS) is 20.6. The van der Waals surface area contributed by atoms with Crippen molar-refractivity contribution >= 4 is 0 Å². The predicted octanol–water partition coefficient (Wildman–Crippen LogP) is 1.54. The summed E-state index contributed by atoms with van der Waals surface area (Å²) < 4.78 is 5.88. The first-order chi connectivity index (χ1) is 6.39. The van der Waals surface area contributed by atoms with Gasteiger partial charge in [0.15, 0.2) is 0 Å². The van der Waals surface area contributed by atoms with Gasteiger partial charge in [-0.2, -0.15) is 0 Å². The molecule has 0 aromatic rings. The van der Waals surface area contributed by atoms with Crippen LogP contribution in [0.2, 0.25) is 0 Å². The highest BCUT2D eigenvalue weighted by molar-refractivity contribution is 4.85. The lowest BCUT2D eigenvalue weighted by Crippen LogP contribution is -2.48. The van der Waals surface area contributed by atoms with Gasteiger partial charge in [0.2, 0.25) is 0 Å². The summed E-state index contributed by atoms with van der Waals surface area (Å²) in [6.07, 6.45) is 0.255. The topological polar surface area (TPSA) is 55.5 Å². The first-order valence-electron chi connectivity index (χ1n) is 5.45. The van der Waals surface area contributed by atoms with Crippen LogP contribution in [-0.4, -0.2) is 29.5 Å². The lowest BCUT2D eigenvalue weighted by Gasteiger charge is -2.39. The fraction of sp³-hybridized carbons (Fsp3) is 1.00. The Bertz CT molecular complexity index is 153. The molecule has 0 saturated carbocycles. The third-order valence-electron chi connectivity index (χ3n) is 3.10. The lowest BCUT2D eigenvalue weighted by molar-refractivity contribution is -0.142. The van der Waals surface area contributed by atoms with E-state index >= 15 is 0 Å². The second-order valence-electron chi connectivity index (χ2n) is 4.34. The Balaban J connectivity index is 4.50. The molecule has 14 heavy (non-hydrogen) atoms. The smallest absolute Gasteiger partial charge is 0.0829 e. The molecule has 0 fully saturated rings. The van der Waals surface area contributed by atoms with Crippen molar-refractivity contribution in [2.75, 3.05) is 6.54 Å². The number of aliphatic hydroxyl groups excluding tert-OH is 1. The van der Waals surface area contributed by atoms with Gasteiger partial charge in [-0.15, -0.1) is 0 Å². The maximum absolute atomic E-state index is 9.39. The van der Waals surface area contributed by atoms with Gasteiger partial charge in [0.25, 0.3) is 0 Å². The molecule has 0 aliphatic heterocycles. The second kappa shape index (κ2) is 5.69. The zero-order valence-electron chi connectivity index (χ0n) is 10.1. The molecular formula is C11H25NO2. The van der Waals surface area contributed by atoms with E-state index in [2.05, 4.69) is 20.8 Å². The fourth-order valence-electron chi connectivity index (χ4n) is 1.52. The molecule has 0 aliphatic rings. The van der Waals surface area contributed by atoms with Crippen LogP contribution in [0.3, 0.4) is 0 Å². The summed E-state index contributed by atoms with van der Waals surface area (Å²) in [4.78, 5) is 0. The highest BCUT2D eigenvalue weighted by atomic mass is 16.5. The zero-order valence-corrected chi connectivity index (χ0v) is 10.1. The minimum absolute atomic E-state index is 0.166. The quantitative estimate of drug-likeness (QED) is 0.688. The van der Waals surface area contributed by atoms with Crippen LogP contribution in [0.1, 0.15) is 41.0 Å². The molecule has 86 valence electrons. The van der Waals surface area contributed by atoms with Crippen LogP contribution in [0.15, 0.2) is 0 Å². The molecule has 0 amide bonds. The SMILES string of the molecule is CCC(CN)(OC(C)C(C)O)C(C)C. The number of aliphatic hydroxyl groups is 1. The van der Waals surface area contributed by atoms with Crippen molar-refractivity contribution < 1.29 is 9.84 Å². The summed E-state index contributed by atoms with van der Waals surface area (Å²) in [6.45, 7) is 10.4. The molecule has 0 aromatic carbocycles. The van der Waals surface area contributed by atoms with E-state index in [0.717, 1.165) is 6.42 Å². The summed E-state index contributed by atoms with van der Waals surface area (Å²) in [6, 6.07) is 0. The molecule has 3 atom stereocenters. The van der Waals surface area contributed by atoms with Gasteiger partial charge in [-0.3, -0.25) is 0 Å². The van der Waals surface area contributed by atoms with Crippen molar-refractivity contribution in [3.63, 3.8) is 0 Å². The van der Waals surface area contributed by atoms with Gasteiger partial charge in [0, 0.05) is 6.54 Å². The standard InChI is InChI=1S/C11H25NO2/c1-6-11(7-12,8(2)3)14-10(5)9(4)13/h8-10,13H,6-7,12H2,1-5H3. The largest absolute Gasteiger partial charge is 0.391 e. The van der Waals surface area contributed by atoms with Gasteiger partial charge in [-0.25, -0.2) is 0 Å². The fourth-order valence-corrected chi connectivity index (χ4v) is 1.52. The van der Waals surface area contributed by atoms with Gasteiger partial charge in [0.05, 0.1) is 17.8 Å². The molecular weight excluding hydrogens is 178 g/mol. The van der Waals surface area contributed by atoms with Crippen molar-refractivity contribution in [3.8, 4) is 0 Å². The highest BCUT2D eigenvalue weighted by Crippen LogP contribution is 2.27. The molecule has 0 bridgehead atoms. The maximum Gasteiger partial charge on any atom is 0.0829 e. The van der Waals surface area contributed by atoms with Crippen LogP contribution < -0.4 is 5.73 Å². The van der Waals surface area contributed by atoms with E-state index in [-0.39, 0.29) is 11.7 Å².